The number of phenols is 1. The van der Waals surface area contributed by atoms with E-state index in [0.29, 0.717) is 11.1 Å². The summed E-state index contributed by atoms with van der Waals surface area (Å²) in [7, 11) is 1.42. The van der Waals surface area contributed by atoms with Crippen LogP contribution in [-0.4, -0.2) is 30.6 Å². The molecular formula is C19H18O5. The van der Waals surface area contributed by atoms with E-state index in [1.807, 2.05) is 0 Å². The normalized spacial score (nSPS) is 11.0. The molecule has 0 radical (unpaired) electrons. The van der Waals surface area contributed by atoms with Gasteiger partial charge in [-0.1, -0.05) is 36.4 Å². The summed E-state index contributed by atoms with van der Waals surface area (Å²) in [6.07, 6.45) is 1.43. The zero-order valence-electron chi connectivity index (χ0n) is 13.5. The molecule has 124 valence electrons. The average Bonchev–Trinajstić information content (AvgIpc) is 2.61. The van der Waals surface area contributed by atoms with Gasteiger partial charge in [-0.3, -0.25) is 4.79 Å². The summed E-state index contributed by atoms with van der Waals surface area (Å²) in [6, 6.07) is 13.0. The summed E-state index contributed by atoms with van der Waals surface area (Å²) < 4.78 is 10.0. The molecule has 1 N–H and O–H groups in total. The molecule has 5 nitrogen and oxygen atoms in total. The summed E-state index contributed by atoms with van der Waals surface area (Å²) in [4.78, 5) is 24.8. The van der Waals surface area contributed by atoms with Gasteiger partial charge in [0.05, 0.1) is 13.7 Å². The van der Waals surface area contributed by atoms with Gasteiger partial charge in [-0.15, -0.1) is 0 Å². The maximum absolute atomic E-state index is 12.6. The second-order valence-electron chi connectivity index (χ2n) is 4.90. The number of hydrogen-bond donors (Lipinski definition) is 1. The molecule has 0 saturated carbocycles. The van der Waals surface area contributed by atoms with Crippen molar-refractivity contribution in [3.05, 3.63) is 65.2 Å². The molecule has 0 aliphatic heterocycles. The van der Waals surface area contributed by atoms with Gasteiger partial charge in [0.2, 0.25) is 0 Å². The maximum Gasteiger partial charge on any atom is 0.342 e. The molecule has 5 heteroatoms. The Morgan fingerprint density at radius 2 is 1.83 bits per heavy atom. The van der Waals surface area contributed by atoms with Crippen LogP contribution < -0.4 is 4.74 Å². The summed E-state index contributed by atoms with van der Waals surface area (Å²) in [5.41, 5.74) is 0.843. The van der Waals surface area contributed by atoms with Crippen LogP contribution in [0.4, 0.5) is 0 Å². The van der Waals surface area contributed by atoms with E-state index in [9.17, 15) is 14.7 Å². The predicted octanol–water partition coefficient (Wildman–Crippen LogP) is 3.23. The molecule has 0 amide bonds. The van der Waals surface area contributed by atoms with Gasteiger partial charge < -0.3 is 14.6 Å². The number of rotatable bonds is 6. The van der Waals surface area contributed by atoms with Gasteiger partial charge in [0, 0.05) is 5.56 Å². The van der Waals surface area contributed by atoms with E-state index in [2.05, 4.69) is 0 Å². The van der Waals surface area contributed by atoms with Crippen molar-refractivity contribution in [2.24, 2.45) is 0 Å². The minimum Gasteiger partial charge on any atom is -0.504 e. The SMILES string of the molecule is CCOC(=O)/C(=C\c1ccc(O)c(OC)c1)C(=O)c1ccccc1. The molecule has 0 aliphatic carbocycles. The average molecular weight is 326 g/mol. The topological polar surface area (TPSA) is 72.8 Å². The Bertz CT molecular complexity index is 763. The molecule has 2 rings (SSSR count). The first-order valence-electron chi connectivity index (χ1n) is 7.42. The van der Waals surface area contributed by atoms with Crippen LogP contribution in [0.3, 0.4) is 0 Å². The molecule has 2 aromatic rings. The number of ketones is 1. The van der Waals surface area contributed by atoms with Crippen molar-refractivity contribution >= 4 is 17.8 Å². The van der Waals surface area contributed by atoms with Crippen LogP contribution in [0.5, 0.6) is 11.5 Å². The fourth-order valence-electron chi connectivity index (χ4n) is 2.12. The highest BCUT2D eigenvalue weighted by atomic mass is 16.5. The van der Waals surface area contributed by atoms with Crippen molar-refractivity contribution in [2.75, 3.05) is 13.7 Å². The monoisotopic (exact) mass is 326 g/mol. The van der Waals surface area contributed by atoms with E-state index in [1.165, 1.54) is 25.3 Å². The van der Waals surface area contributed by atoms with Gasteiger partial charge in [-0.2, -0.15) is 0 Å². The van der Waals surface area contributed by atoms with Crippen LogP contribution in [0.15, 0.2) is 54.1 Å². The predicted molar refractivity (Wildman–Crippen MR) is 90.0 cm³/mol. The summed E-state index contributed by atoms with van der Waals surface area (Å²) in [5.74, 6) is -0.902. The van der Waals surface area contributed by atoms with E-state index in [1.54, 1.807) is 43.3 Å². The smallest absolute Gasteiger partial charge is 0.342 e. The first-order chi connectivity index (χ1) is 11.6. The number of carbonyl (C=O) groups is 2. The van der Waals surface area contributed by atoms with Crippen LogP contribution >= 0.6 is 0 Å². The quantitative estimate of drug-likeness (QED) is 0.290. The van der Waals surface area contributed by atoms with E-state index in [0.717, 1.165) is 0 Å². The lowest BCUT2D eigenvalue weighted by molar-refractivity contribution is -0.137. The highest BCUT2D eigenvalue weighted by molar-refractivity contribution is 6.26. The number of hydrogen-bond acceptors (Lipinski definition) is 5. The third-order valence-corrected chi connectivity index (χ3v) is 3.29. The molecule has 0 heterocycles. The number of phenolic OH excluding ortho intramolecular Hbond substituents is 1. The lowest BCUT2D eigenvalue weighted by Crippen LogP contribution is -2.16. The molecule has 0 aromatic heterocycles. The van der Waals surface area contributed by atoms with Crippen molar-refractivity contribution in [1.29, 1.82) is 0 Å². The third-order valence-electron chi connectivity index (χ3n) is 3.29. The Hall–Kier alpha value is -3.08. The van der Waals surface area contributed by atoms with E-state index < -0.39 is 11.8 Å². The van der Waals surface area contributed by atoms with Crippen LogP contribution in [0.2, 0.25) is 0 Å². The van der Waals surface area contributed by atoms with Crippen molar-refractivity contribution in [3.8, 4) is 11.5 Å². The molecule has 24 heavy (non-hydrogen) atoms. The van der Waals surface area contributed by atoms with Gasteiger partial charge >= 0.3 is 5.97 Å². The third kappa shape index (κ3) is 4.01. The second-order valence-corrected chi connectivity index (χ2v) is 4.90. The lowest BCUT2D eigenvalue weighted by atomic mass is 10.0. The second kappa shape index (κ2) is 7.97. The van der Waals surface area contributed by atoms with Crippen LogP contribution in [-0.2, 0) is 9.53 Å². The van der Waals surface area contributed by atoms with E-state index in [4.69, 9.17) is 9.47 Å². The first-order valence-corrected chi connectivity index (χ1v) is 7.42. The zero-order chi connectivity index (χ0) is 17.5. The van der Waals surface area contributed by atoms with Gasteiger partial charge in [0.25, 0.3) is 0 Å². The van der Waals surface area contributed by atoms with Gasteiger partial charge in [0.15, 0.2) is 17.3 Å². The highest BCUT2D eigenvalue weighted by Gasteiger charge is 2.21. The summed E-state index contributed by atoms with van der Waals surface area (Å²) >= 11 is 0. The summed E-state index contributed by atoms with van der Waals surface area (Å²) in [5, 5.41) is 9.65. The zero-order valence-corrected chi connectivity index (χ0v) is 13.5. The van der Waals surface area contributed by atoms with Crippen LogP contribution in [0, 0.1) is 0 Å². The number of aromatic hydroxyl groups is 1. The Kier molecular flexibility index (Phi) is 5.73. The number of esters is 1. The van der Waals surface area contributed by atoms with Crippen molar-refractivity contribution in [2.45, 2.75) is 6.92 Å². The Morgan fingerprint density at radius 1 is 1.12 bits per heavy atom. The largest absolute Gasteiger partial charge is 0.504 e. The minimum atomic E-state index is -0.696. The molecule has 2 aromatic carbocycles. The lowest BCUT2D eigenvalue weighted by Gasteiger charge is -2.08. The van der Waals surface area contributed by atoms with Crippen molar-refractivity contribution in [1.82, 2.24) is 0 Å². The number of carbonyl (C=O) groups excluding carboxylic acids is 2. The maximum atomic E-state index is 12.6. The Balaban J connectivity index is 2.46. The summed E-state index contributed by atoms with van der Waals surface area (Å²) in [6.45, 7) is 1.84. The number of Topliss-reactive ketones (excluding diaryl/α,β-unsaturated/α-hetero) is 1. The van der Waals surface area contributed by atoms with Crippen molar-refractivity contribution in [3.63, 3.8) is 0 Å². The van der Waals surface area contributed by atoms with Crippen LogP contribution in [0.25, 0.3) is 6.08 Å². The molecular weight excluding hydrogens is 308 g/mol. The molecule has 0 saturated heterocycles. The Morgan fingerprint density at radius 3 is 2.46 bits per heavy atom. The first kappa shape index (κ1) is 17.3. The van der Waals surface area contributed by atoms with Gasteiger partial charge in [-0.05, 0) is 30.7 Å². The molecule has 0 bridgehead atoms. The molecule has 0 unspecified atom stereocenters. The number of benzene rings is 2. The standard InChI is InChI=1S/C19H18O5/c1-3-24-19(22)15(18(21)14-7-5-4-6-8-14)11-13-9-10-16(20)17(12-13)23-2/h4-12,20H,3H2,1-2H3/b15-11-. The Labute approximate surface area is 140 Å². The van der Waals surface area contributed by atoms with E-state index in [-0.39, 0.29) is 23.7 Å². The molecule has 0 atom stereocenters. The van der Waals surface area contributed by atoms with Gasteiger partial charge in [0.1, 0.15) is 5.57 Å². The van der Waals surface area contributed by atoms with E-state index >= 15 is 0 Å². The fraction of sp³-hybridized carbons (Fsp3) is 0.158. The molecule has 0 spiro atoms. The molecule has 0 fully saturated rings. The molecule has 0 aliphatic rings. The van der Waals surface area contributed by atoms with Gasteiger partial charge in [-0.25, -0.2) is 4.79 Å². The number of methoxy groups -OCH3 is 1. The van der Waals surface area contributed by atoms with Crippen LogP contribution in [0.1, 0.15) is 22.8 Å². The fourth-order valence-corrected chi connectivity index (χ4v) is 2.12. The number of ether oxygens (including phenoxy) is 2. The highest BCUT2D eigenvalue weighted by Crippen LogP contribution is 2.27. The van der Waals surface area contributed by atoms with Crippen molar-refractivity contribution < 1.29 is 24.2 Å². The minimum absolute atomic E-state index is 0.0262.